The lowest BCUT2D eigenvalue weighted by Gasteiger charge is -2.26. The van der Waals surface area contributed by atoms with Crippen LogP contribution in [0.4, 0.5) is 0 Å². The zero-order chi connectivity index (χ0) is 21.0. The Bertz CT molecular complexity index is 328. The molecule has 0 fully saturated rings. The molecule has 0 aliphatic rings. The second-order valence-electron chi connectivity index (χ2n) is 6.45. The Morgan fingerprint density at radius 2 is 1.29 bits per heavy atom. The molecular weight excluding hydrogens is 372 g/mol. The maximum atomic E-state index is 9.88. The van der Waals surface area contributed by atoms with Crippen LogP contribution in [0.1, 0.15) is 6.42 Å². The lowest BCUT2D eigenvalue weighted by molar-refractivity contribution is -0.0743. The molecule has 0 aliphatic carbocycles. The summed E-state index contributed by atoms with van der Waals surface area (Å²) in [7, 11) is 3.66. The van der Waals surface area contributed by atoms with E-state index >= 15 is 0 Å². The summed E-state index contributed by atoms with van der Waals surface area (Å²) in [6.45, 7) is 5.55. The van der Waals surface area contributed by atoms with Crippen LogP contribution in [-0.2, 0) is 18.9 Å². The molecule has 0 aromatic heterocycles. The lowest BCUT2D eigenvalue weighted by Crippen LogP contribution is -2.44. The van der Waals surface area contributed by atoms with Crippen molar-refractivity contribution in [3.8, 4) is 0 Å². The number of rotatable bonds is 21. The van der Waals surface area contributed by atoms with Crippen LogP contribution in [0.15, 0.2) is 0 Å². The van der Waals surface area contributed by atoms with E-state index < -0.39 is 18.3 Å². The number of aliphatic hydroxyl groups is 4. The van der Waals surface area contributed by atoms with Gasteiger partial charge in [0.05, 0.1) is 65.1 Å². The Kier molecular flexibility index (Phi) is 19.6. The second-order valence-corrected chi connectivity index (χ2v) is 6.45. The molecule has 0 spiro atoms. The first-order valence-electron chi connectivity index (χ1n) is 9.82. The first-order valence-corrected chi connectivity index (χ1v) is 9.82. The fourth-order valence-corrected chi connectivity index (χ4v) is 2.23. The van der Waals surface area contributed by atoms with Gasteiger partial charge in [-0.05, 0) is 20.5 Å². The Morgan fingerprint density at radius 1 is 0.786 bits per heavy atom. The van der Waals surface area contributed by atoms with Gasteiger partial charge in [-0.3, -0.25) is 0 Å². The van der Waals surface area contributed by atoms with Gasteiger partial charge < -0.3 is 49.6 Å². The third kappa shape index (κ3) is 16.5. The summed E-state index contributed by atoms with van der Waals surface area (Å²) >= 11 is 0. The molecule has 3 unspecified atom stereocenters. The smallest absolute Gasteiger partial charge is 0.107 e. The minimum Gasteiger partial charge on any atom is -0.396 e. The van der Waals surface area contributed by atoms with Crippen LogP contribution in [-0.4, -0.2) is 137 Å². The fourth-order valence-electron chi connectivity index (χ4n) is 2.23. The molecule has 0 radical (unpaired) electrons. The Hall–Kier alpha value is -0.400. The molecule has 0 aromatic rings. The third-order valence-corrected chi connectivity index (χ3v) is 3.94. The number of nitrogens with zero attached hydrogens (tertiary/aromatic N) is 1. The average Bonchev–Trinajstić information content (AvgIpc) is 2.67. The normalized spacial score (nSPS) is 15.1. The number of aliphatic hydroxyl groups excluding tert-OH is 4. The van der Waals surface area contributed by atoms with Crippen LogP contribution in [0.5, 0.6) is 0 Å². The maximum absolute atomic E-state index is 9.88. The van der Waals surface area contributed by atoms with Crippen molar-refractivity contribution in [3.63, 3.8) is 0 Å². The monoisotopic (exact) mass is 412 g/mol. The third-order valence-electron chi connectivity index (χ3n) is 3.94. The summed E-state index contributed by atoms with van der Waals surface area (Å²) < 4.78 is 21.5. The van der Waals surface area contributed by atoms with E-state index in [1.54, 1.807) is 11.9 Å². The van der Waals surface area contributed by atoms with Gasteiger partial charge in [0.1, 0.15) is 6.10 Å². The van der Waals surface area contributed by atoms with Crippen molar-refractivity contribution in [3.05, 3.63) is 0 Å². The van der Waals surface area contributed by atoms with Crippen molar-refractivity contribution in [1.82, 2.24) is 10.2 Å². The highest BCUT2D eigenvalue weighted by Crippen LogP contribution is 2.05. The molecule has 0 amide bonds. The molecule has 170 valence electrons. The first kappa shape index (κ1) is 27.6. The highest BCUT2D eigenvalue weighted by atomic mass is 16.6. The van der Waals surface area contributed by atoms with Crippen molar-refractivity contribution in [2.45, 2.75) is 24.7 Å². The van der Waals surface area contributed by atoms with Crippen molar-refractivity contribution in [2.24, 2.45) is 0 Å². The summed E-state index contributed by atoms with van der Waals surface area (Å²) in [5.41, 5.74) is 0. The summed E-state index contributed by atoms with van der Waals surface area (Å²) in [6.07, 6.45) is -3.49. The molecular formula is C18H40N2O8. The zero-order valence-electron chi connectivity index (χ0n) is 17.3. The number of likely N-dealkylation sites (N-methyl/N-ethyl adjacent to an activating group) is 2. The Balaban J connectivity index is 3.41. The van der Waals surface area contributed by atoms with Gasteiger partial charge in [-0.1, -0.05) is 0 Å². The van der Waals surface area contributed by atoms with E-state index in [0.717, 1.165) is 6.54 Å². The zero-order valence-corrected chi connectivity index (χ0v) is 17.3. The molecule has 0 saturated carbocycles. The minimum absolute atomic E-state index is 0.0283. The predicted octanol–water partition coefficient (Wildman–Crippen LogP) is -2.33. The number of ether oxygens (including phenoxy) is 4. The van der Waals surface area contributed by atoms with Gasteiger partial charge in [-0.25, -0.2) is 0 Å². The molecule has 10 heteroatoms. The predicted molar refractivity (Wildman–Crippen MR) is 104 cm³/mol. The van der Waals surface area contributed by atoms with E-state index in [2.05, 4.69) is 5.32 Å². The van der Waals surface area contributed by atoms with E-state index in [4.69, 9.17) is 24.1 Å². The highest BCUT2D eigenvalue weighted by molar-refractivity contribution is 4.77. The van der Waals surface area contributed by atoms with E-state index in [0.29, 0.717) is 59.4 Å². The summed E-state index contributed by atoms with van der Waals surface area (Å²) in [5.74, 6) is 0. The molecule has 0 aliphatic heterocycles. The fraction of sp³-hybridized carbons (Fsp3) is 1.00. The van der Waals surface area contributed by atoms with E-state index in [9.17, 15) is 15.3 Å². The SMILES string of the molecule is CNCCOCCOCCOCCOCCN(C)CC(O)C(O)C(O)CCO. The van der Waals surface area contributed by atoms with Crippen molar-refractivity contribution in [1.29, 1.82) is 0 Å². The van der Waals surface area contributed by atoms with Gasteiger partial charge in [0.15, 0.2) is 0 Å². The second kappa shape index (κ2) is 19.9. The van der Waals surface area contributed by atoms with Crippen LogP contribution >= 0.6 is 0 Å². The summed E-state index contributed by atoms with van der Waals surface area (Å²) in [5, 5.41) is 40.9. The van der Waals surface area contributed by atoms with Gasteiger partial charge in [0, 0.05) is 26.2 Å². The molecule has 5 N–H and O–H groups in total. The van der Waals surface area contributed by atoms with Crippen LogP contribution in [0.3, 0.4) is 0 Å². The standard InChI is InChI=1S/C18H40N2O8/c1-19-4-7-25-9-11-27-13-14-28-12-10-26-8-5-20(2)15-17(23)18(24)16(22)3-6-21/h16-19,21-24H,3-15H2,1-2H3. The Labute approximate surface area is 168 Å². The van der Waals surface area contributed by atoms with Gasteiger partial charge in [-0.15, -0.1) is 0 Å². The van der Waals surface area contributed by atoms with Crippen LogP contribution < -0.4 is 5.32 Å². The largest absolute Gasteiger partial charge is 0.396 e. The highest BCUT2D eigenvalue weighted by Gasteiger charge is 2.25. The molecule has 0 bridgehead atoms. The Morgan fingerprint density at radius 3 is 1.79 bits per heavy atom. The molecule has 0 saturated heterocycles. The summed E-state index contributed by atoms with van der Waals surface area (Å²) in [4.78, 5) is 1.80. The molecule has 0 heterocycles. The van der Waals surface area contributed by atoms with Gasteiger partial charge in [0.2, 0.25) is 0 Å². The molecule has 0 rings (SSSR count). The molecule has 3 atom stereocenters. The average molecular weight is 413 g/mol. The van der Waals surface area contributed by atoms with Crippen molar-refractivity contribution < 1.29 is 39.4 Å². The van der Waals surface area contributed by atoms with Gasteiger partial charge in [0.25, 0.3) is 0 Å². The maximum Gasteiger partial charge on any atom is 0.107 e. The lowest BCUT2D eigenvalue weighted by atomic mass is 10.1. The van der Waals surface area contributed by atoms with Crippen LogP contribution in [0.25, 0.3) is 0 Å². The number of nitrogens with one attached hydrogen (secondary N) is 1. The summed E-state index contributed by atoms with van der Waals surface area (Å²) in [6, 6.07) is 0. The quantitative estimate of drug-likeness (QED) is 0.131. The van der Waals surface area contributed by atoms with Crippen LogP contribution in [0.2, 0.25) is 0 Å². The molecule has 10 nitrogen and oxygen atoms in total. The topological polar surface area (TPSA) is 133 Å². The number of hydrogen-bond acceptors (Lipinski definition) is 10. The first-order chi connectivity index (χ1) is 13.5. The van der Waals surface area contributed by atoms with E-state index in [1.165, 1.54) is 0 Å². The van der Waals surface area contributed by atoms with Crippen LogP contribution in [0, 0.1) is 0 Å². The van der Waals surface area contributed by atoms with Gasteiger partial charge in [-0.2, -0.15) is 0 Å². The molecule has 0 aromatic carbocycles. The van der Waals surface area contributed by atoms with Crippen molar-refractivity contribution >= 4 is 0 Å². The molecule has 28 heavy (non-hydrogen) atoms. The minimum atomic E-state index is -1.29. The van der Waals surface area contributed by atoms with Gasteiger partial charge >= 0.3 is 0 Å². The number of hydrogen-bond donors (Lipinski definition) is 5. The van der Waals surface area contributed by atoms with E-state index in [-0.39, 0.29) is 19.6 Å². The van der Waals surface area contributed by atoms with Crippen molar-refractivity contribution in [2.75, 3.05) is 93.2 Å². The van der Waals surface area contributed by atoms with E-state index in [1.807, 2.05) is 7.05 Å².